The highest BCUT2D eigenvalue weighted by Crippen LogP contribution is 2.43. The summed E-state index contributed by atoms with van der Waals surface area (Å²) >= 11 is 0. The van der Waals surface area contributed by atoms with Gasteiger partial charge in [0.2, 0.25) is 0 Å². The number of aliphatic hydroxyl groups excluding tert-OH is 1. The average Bonchev–Trinajstić information content (AvgIpc) is 2.46. The fraction of sp³-hybridized carbons (Fsp3) is 0.200. The third kappa shape index (κ3) is 2.15. The summed E-state index contributed by atoms with van der Waals surface area (Å²) in [6.07, 6.45) is -2.35. The molecule has 1 aliphatic rings. The third-order valence-corrected chi connectivity index (χ3v) is 3.62. The highest BCUT2D eigenvalue weighted by atomic mass is 19.1. The summed E-state index contributed by atoms with van der Waals surface area (Å²) in [5.41, 5.74) is 0.154. The zero-order valence-electron chi connectivity index (χ0n) is 11.2. The Bertz CT molecular complexity index is 745. The van der Waals surface area contributed by atoms with Gasteiger partial charge in [-0.1, -0.05) is 0 Å². The first kappa shape index (κ1) is 14.3. The van der Waals surface area contributed by atoms with Crippen LogP contribution in [0.1, 0.15) is 17.2 Å². The lowest BCUT2D eigenvalue weighted by Gasteiger charge is -2.31. The van der Waals surface area contributed by atoms with Gasteiger partial charge in [0, 0.05) is 29.7 Å². The number of phenolic OH excluding ortho intramolecular Hbond substituents is 4. The van der Waals surface area contributed by atoms with Crippen LogP contribution < -0.4 is 4.74 Å². The molecule has 0 aromatic heterocycles. The van der Waals surface area contributed by atoms with Gasteiger partial charge in [-0.25, -0.2) is 4.39 Å². The molecule has 3 rings (SSSR count). The van der Waals surface area contributed by atoms with Crippen molar-refractivity contribution in [3.8, 4) is 28.7 Å². The summed E-state index contributed by atoms with van der Waals surface area (Å²) in [5.74, 6) is -3.02. The molecule has 1 aliphatic heterocycles. The van der Waals surface area contributed by atoms with Gasteiger partial charge in [-0.05, 0) is 12.1 Å². The van der Waals surface area contributed by atoms with E-state index >= 15 is 0 Å². The number of aromatic hydroxyl groups is 4. The molecule has 0 amide bonds. The van der Waals surface area contributed by atoms with E-state index in [1.165, 1.54) is 12.1 Å². The lowest BCUT2D eigenvalue weighted by atomic mass is 9.93. The molecule has 116 valence electrons. The number of halogens is 1. The summed E-state index contributed by atoms with van der Waals surface area (Å²) in [4.78, 5) is 0. The number of benzene rings is 2. The van der Waals surface area contributed by atoms with Gasteiger partial charge in [0.1, 0.15) is 17.2 Å². The Labute approximate surface area is 124 Å². The van der Waals surface area contributed by atoms with Crippen molar-refractivity contribution in [2.45, 2.75) is 18.6 Å². The van der Waals surface area contributed by atoms with Crippen molar-refractivity contribution in [1.29, 1.82) is 0 Å². The summed E-state index contributed by atoms with van der Waals surface area (Å²) < 4.78 is 19.5. The molecule has 0 fully saturated rings. The van der Waals surface area contributed by atoms with Crippen molar-refractivity contribution >= 4 is 0 Å². The van der Waals surface area contributed by atoms with Gasteiger partial charge in [0.25, 0.3) is 0 Å². The lowest BCUT2D eigenvalue weighted by molar-refractivity contribution is 0.0176. The molecule has 7 heteroatoms. The number of ether oxygens (including phenoxy) is 1. The smallest absolute Gasteiger partial charge is 0.194 e. The highest BCUT2D eigenvalue weighted by molar-refractivity contribution is 5.52. The summed E-state index contributed by atoms with van der Waals surface area (Å²) in [5, 5.41) is 48.1. The number of aliphatic hydroxyl groups is 1. The van der Waals surface area contributed by atoms with Gasteiger partial charge in [-0.2, -0.15) is 0 Å². The highest BCUT2D eigenvalue weighted by Gasteiger charge is 2.34. The standard InChI is InChI=1S/C15H13FO6/c16-13-7(1-2-9(18)14(13)21)15-11(20)5-8-10(19)3-6(17)4-12(8)22-15/h1-4,11,15,17-21H,5H2. The van der Waals surface area contributed by atoms with E-state index in [2.05, 4.69) is 0 Å². The van der Waals surface area contributed by atoms with Crippen LogP contribution >= 0.6 is 0 Å². The molecule has 5 N–H and O–H groups in total. The maximum Gasteiger partial charge on any atom is 0.194 e. The predicted molar refractivity (Wildman–Crippen MR) is 72.6 cm³/mol. The van der Waals surface area contributed by atoms with Crippen LogP contribution in [0, 0.1) is 5.82 Å². The van der Waals surface area contributed by atoms with E-state index in [-0.39, 0.29) is 29.2 Å². The van der Waals surface area contributed by atoms with Crippen molar-refractivity contribution in [1.82, 2.24) is 0 Å². The number of rotatable bonds is 1. The minimum atomic E-state index is -1.18. The van der Waals surface area contributed by atoms with Gasteiger partial charge in [-0.15, -0.1) is 0 Å². The van der Waals surface area contributed by atoms with Crippen molar-refractivity contribution in [3.63, 3.8) is 0 Å². The van der Waals surface area contributed by atoms with Crippen LogP contribution in [0.2, 0.25) is 0 Å². The van der Waals surface area contributed by atoms with Gasteiger partial charge in [-0.3, -0.25) is 0 Å². The Kier molecular flexibility index (Phi) is 3.22. The van der Waals surface area contributed by atoms with Crippen molar-refractivity contribution in [2.24, 2.45) is 0 Å². The number of phenols is 4. The average molecular weight is 308 g/mol. The van der Waals surface area contributed by atoms with E-state index in [9.17, 15) is 29.9 Å². The van der Waals surface area contributed by atoms with Gasteiger partial charge in [0.05, 0.1) is 6.10 Å². The Morgan fingerprint density at radius 3 is 2.50 bits per heavy atom. The number of hydrogen-bond acceptors (Lipinski definition) is 6. The van der Waals surface area contributed by atoms with Crippen molar-refractivity contribution in [3.05, 3.63) is 41.2 Å². The first-order valence-electron chi connectivity index (χ1n) is 6.48. The molecule has 2 aromatic carbocycles. The quantitative estimate of drug-likeness (QED) is 0.513. The third-order valence-electron chi connectivity index (χ3n) is 3.62. The van der Waals surface area contributed by atoms with E-state index in [0.29, 0.717) is 5.56 Å². The molecule has 6 nitrogen and oxygen atoms in total. The summed E-state index contributed by atoms with van der Waals surface area (Å²) in [7, 11) is 0. The monoisotopic (exact) mass is 308 g/mol. The zero-order chi connectivity index (χ0) is 16.0. The van der Waals surface area contributed by atoms with Gasteiger partial charge >= 0.3 is 0 Å². The van der Waals surface area contributed by atoms with E-state index in [0.717, 1.165) is 12.1 Å². The fourth-order valence-electron chi connectivity index (χ4n) is 2.52. The first-order chi connectivity index (χ1) is 10.4. The number of hydrogen-bond donors (Lipinski definition) is 5. The molecule has 0 bridgehead atoms. The van der Waals surface area contributed by atoms with Crippen molar-refractivity contribution < 1.29 is 34.7 Å². The minimum absolute atomic E-state index is 0.0206. The predicted octanol–water partition coefficient (Wildman–Crippen LogP) is 1.69. The molecule has 22 heavy (non-hydrogen) atoms. The van der Waals surface area contributed by atoms with Crippen LogP contribution in [0.3, 0.4) is 0 Å². The second-order valence-electron chi connectivity index (χ2n) is 5.09. The molecular weight excluding hydrogens is 295 g/mol. The van der Waals surface area contributed by atoms with Gasteiger partial charge in [0.15, 0.2) is 23.4 Å². The van der Waals surface area contributed by atoms with Crippen LogP contribution in [0.25, 0.3) is 0 Å². The largest absolute Gasteiger partial charge is 0.508 e. The Morgan fingerprint density at radius 1 is 1.05 bits per heavy atom. The molecule has 0 saturated heterocycles. The van der Waals surface area contributed by atoms with E-state index in [1.807, 2.05) is 0 Å². The second-order valence-corrected chi connectivity index (χ2v) is 5.09. The molecule has 2 unspecified atom stereocenters. The zero-order valence-corrected chi connectivity index (χ0v) is 11.2. The van der Waals surface area contributed by atoms with E-state index < -0.39 is 29.5 Å². The minimum Gasteiger partial charge on any atom is -0.508 e. The summed E-state index contributed by atoms with van der Waals surface area (Å²) in [6.45, 7) is 0. The van der Waals surface area contributed by atoms with Crippen LogP contribution in [-0.4, -0.2) is 31.6 Å². The fourth-order valence-corrected chi connectivity index (χ4v) is 2.52. The maximum atomic E-state index is 14.1. The molecular formula is C15H13FO6. The second kappa shape index (κ2) is 4.96. The first-order valence-corrected chi connectivity index (χ1v) is 6.48. The Hall–Kier alpha value is -2.67. The van der Waals surface area contributed by atoms with Crippen LogP contribution in [0.5, 0.6) is 28.7 Å². The lowest BCUT2D eigenvalue weighted by Crippen LogP contribution is -2.31. The Morgan fingerprint density at radius 2 is 1.77 bits per heavy atom. The molecule has 2 aromatic rings. The van der Waals surface area contributed by atoms with Crippen LogP contribution in [0.4, 0.5) is 4.39 Å². The maximum absolute atomic E-state index is 14.1. The van der Waals surface area contributed by atoms with Crippen LogP contribution in [-0.2, 0) is 6.42 Å². The topological polar surface area (TPSA) is 110 Å². The normalized spacial score (nSPS) is 20.3. The molecule has 0 radical (unpaired) electrons. The van der Waals surface area contributed by atoms with Gasteiger partial charge < -0.3 is 30.3 Å². The number of fused-ring (bicyclic) bond motifs is 1. The molecule has 1 heterocycles. The van der Waals surface area contributed by atoms with Crippen LogP contribution in [0.15, 0.2) is 24.3 Å². The SMILES string of the molecule is Oc1cc(O)c2c(c1)OC(c1ccc(O)c(O)c1F)C(O)C2. The molecule has 0 aliphatic carbocycles. The molecule has 0 spiro atoms. The van der Waals surface area contributed by atoms with E-state index in [1.54, 1.807) is 0 Å². The molecule has 2 atom stereocenters. The van der Waals surface area contributed by atoms with E-state index in [4.69, 9.17) is 4.74 Å². The molecule has 0 saturated carbocycles. The summed E-state index contributed by atoms with van der Waals surface area (Å²) in [6, 6.07) is 4.62. The van der Waals surface area contributed by atoms with Crippen molar-refractivity contribution in [2.75, 3.05) is 0 Å². The Balaban J connectivity index is 2.05.